The monoisotopic (exact) mass is 523 g/mol. The summed E-state index contributed by atoms with van der Waals surface area (Å²) < 4.78 is 5.34. The molecule has 0 amide bonds. The first-order valence-electron chi connectivity index (χ1n) is 12.9. The maximum absolute atomic E-state index is 12.0. The number of aliphatic hydroxyl groups is 1. The first kappa shape index (κ1) is 31.2. The van der Waals surface area contributed by atoms with Crippen LogP contribution < -0.4 is 5.73 Å². The third kappa shape index (κ3) is 24.7. The third-order valence-electron chi connectivity index (χ3n) is 5.57. The minimum absolute atomic E-state index is 0.236. The van der Waals surface area contributed by atoms with Crippen molar-refractivity contribution in [2.45, 2.75) is 122 Å². The summed E-state index contributed by atoms with van der Waals surface area (Å²) in [5.41, 5.74) is 5.96. The Kier molecular flexibility index (Phi) is 26.7. The summed E-state index contributed by atoms with van der Waals surface area (Å²) in [6.45, 7) is 0.847. The number of aliphatic hydroxyl groups excluding tert-OH is 1. The number of carbonyl (C=O) groups is 1. The Labute approximate surface area is 205 Å². The van der Waals surface area contributed by atoms with E-state index in [1.807, 2.05) is 0 Å². The summed E-state index contributed by atoms with van der Waals surface area (Å²) in [4.78, 5) is 12.0. The maximum Gasteiger partial charge on any atom is 0.323 e. The molecule has 0 rings (SSSR count). The van der Waals surface area contributed by atoms with Crippen molar-refractivity contribution in [2.75, 3.05) is 30.0 Å². The zero-order valence-corrected chi connectivity index (χ0v) is 22.4. The molecule has 0 heterocycles. The summed E-state index contributed by atoms with van der Waals surface area (Å²) >= 11 is 5.25. The van der Waals surface area contributed by atoms with E-state index in [9.17, 15) is 4.79 Å². The van der Waals surface area contributed by atoms with Crippen molar-refractivity contribution in [3.8, 4) is 0 Å². The van der Waals surface area contributed by atoms with E-state index >= 15 is 0 Å². The van der Waals surface area contributed by atoms with Crippen molar-refractivity contribution in [1.29, 1.82) is 0 Å². The fourth-order valence-corrected chi connectivity index (χ4v) is 4.91. The number of carbonyl (C=O) groups excluding carboxylic acids is 1. The minimum atomic E-state index is -0.483. The largest absolute Gasteiger partial charge is 0.465 e. The summed E-state index contributed by atoms with van der Waals surface area (Å²) in [7, 11) is 0. The van der Waals surface area contributed by atoms with Gasteiger partial charge in [0.25, 0.3) is 0 Å². The van der Waals surface area contributed by atoms with Gasteiger partial charge >= 0.3 is 5.97 Å². The molecule has 3 N–H and O–H groups in total. The van der Waals surface area contributed by atoms with Crippen LogP contribution in [-0.2, 0) is 9.53 Å². The van der Waals surface area contributed by atoms with Crippen LogP contribution in [0.1, 0.15) is 116 Å². The quantitative estimate of drug-likeness (QED) is 0.0764. The number of nitrogens with two attached hydrogens (primary N) is 1. The second kappa shape index (κ2) is 26.5. The molecule has 0 aliphatic heterocycles. The van der Waals surface area contributed by atoms with Gasteiger partial charge in [0, 0.05) is 17.7 Å². The lowest BCUT2D eigenvalue weighted by molar-refractivity contribution is -0.144. The van der Waals surface area contributed by atoms with Gasteiger partial charge in [-0.3, -0.25) is 4.79 Å². The highest BCUT2D eigenvalue weighted by molar-refractivity contribution is 9.09. The van der Waals surface area contributed by atoms with Crippen LogP contribution in [0, 0.1) is 0 Å². The highest BCUT2D eigenvalue weighted by atomic mass is 79.9. The lowest BCUT2D eigenvalue weighted by Gasteiger charge is -2.11. The molecule has 6 heteroatoms. The molecule has 4 nitrogen and oxygen atoms in total. The van der Waals surface area contributed by atoms with Crippen LogP contribution in [0.15, 0.2) is 0 Å². The van der Waals surface area contributed by atoms with Crippen molar-refractivity contribution in [3.05, 3.63) is 0 Å². The van der Waals surface area contributed by atoms with Gasteiger partial charge in [-0.05, 0) is 31.4 Å². The Balaban J connectivity index is 3.30. The van der Waals surface area contributed by atoms with Crippen LogP contribution in [0.2, 0.25) is 0 Å². The standard InChI is InChI=1S/C25H50BrNO3S/c26-19-15-11-7-3-1-5-9-13-17-21-30-25(29)24(27)23-31-22-18-14-10-6-2-4-8-12-16-20-28/h24,28H,1-23,27H2/t24-/m0/s1. The highest BCUT2D eigenvalue weighted by Gasteiger charge is 2.14. The number of rotatable bonds is 25. The molecule has 0 fully saturated rings. The molecule has 0 saturated heterocycles. The van der Waals surface area contributed by atoms with E-state index in [2.05, 4.69) is 15.9 Å². The first-order valence-corrected chi connectivity index (χ1v) is 15.2. The summed E-state index contributed by atoms with van der Waals surface area (Å²) in [5, 5.41) is 9.87. The summed E-state index contributed by atoms with van der Waals surface area (Å²) in [6, 6.07) is -0.483. The van der Waals surface area contributed by atoms with Gasteiger partial charge in [0.2, 0.25) is 0 Å². The van der Waals surface area contributed by atoms with Gasteiger partial charge in [0.15, 0.2) is 0 Å². The lowest BCUT2D eigenvalue weighted by atomic mass is 10.1. The topological polar surface area (TPSA) is 72.5 Å². The van der Waals surface area contributed by atoms with Crippen molar-refractivity contribution in [1.82, 2.24) is 0 Å². The van der Waals surface area contributed by atoms with Crippen LogP contribution in [0.5, 0.6) is 0 Å². The lowest BCUT2D eigenvalue weighted by Crippen LogP contribution is -2.34. The predicted octanol–water partition coefficient (Wildman–Crippen LogP) is 7.00. The number of unbranched alkanes of at least 4 members (excludes halogenated alkanes) is 16. The number of thioether (sulfide) groups is 1. The van der Waals surface area contributed by atoms with Crippen LogP contribution in [0.25, 0.3) is 0 Å². The van der Waals surface area contributed by atoms with Gasteiger partial charge in [-0.2, -0.15) is 11.8 Å². The van der Waals surface area contributed by atoms with E-state index < -0.39 is 6.04 Å². The minimum Gasteiger partial charge on any atom is -0.465 e. The van der Waals surface area contributed by atoms with Crippen LogP contribution in [0.4, 0.5) is 0 Å². The molecular formula is C25H50BrNO3S. The number of hydrogen-bond acceptors (Lipinski definition) is 5. The van der Waals surface area contributed by atoms with Gasteiger partial charge in [-0.15, -0.1) is 0 Å². The highest BCUT2D eigenvalue weighted by Crippen LogP contribution is 2.13. The summed E-state index contributed by atoms with van der Waals surface area (Å²) in [5.74, 6) is 1.51. The number of halogens is 1. The molecule has 0 aliphatic rings. The molecule has 0 saturated carbocycles. The predicted molar refractivity (Wildman–Crippen MR) is 140 cm³/mol. The maximum atomic E-state index is 12.0. The molecule has 0 unspecified atom stereocenters. The second-order valence-electron chi connectivity index (χ2n) is 8.63. The van der Waals surface area contributed by atoms with Gasteiger partial charge in [-0.25, -0.2) is 0 Å². The zero-order chi connectivity index (χ0) is 22.8. The second-order valence-corrected chi connectivity index (χ2v) is 10.6. The Bertz CT molecular complexity index is 375. The Hall–Kier alpha value is 0.220. The number of hydrogen-bond donors (Lipinski definition) is 2. The molecule has 0 bridgehead atoms. The average molecular weight is 525 g/mol. The van der Waals surface area contributed by atoms with Gasteiger partial charge < -0.3 is 15.6 Å². The molecule has 0 aromatic rings. The van der Waals surface area contributed by atoms with E-state index in [4.69, 9.17) is 15.6 Å². The van der Waals surface area contributed by atoms with E-state index in [-0.39, 0.29) is 5.97 Å². The molecule has 1 atom stereocenters. The van der Waals surface area contributed by atoms with Gasteiger partial charge in [0.05, 0.1) is 6.61 Å². The third-order valence-corrected chi connectivity index (χ3v) is 7.30. The SMILES string of the molecule is N[C@@H](CSCCCCCCCCCCCO)C(=O)OCCCCCCCCCCCBr. The molecular weight excluding hydrogens is 474 g/mol. The normalized spacial score (nSPS) is 12.2. The van der Waals surface area contributed by atoms with Crippen molar-refractivity contribution in [3.63, 3.8) is 0 Å². The number of alkyl halides is 1. The molecule has 0 aliphatic carbocycles. The molecule has 0 spiro atoms. The van der Waals surface area contributed by atoms with E-state index in [1.54, 1.807) is 11.8 Å². The van der Waals surface area contributed by atoms with E-state index in [0.29, 0.717) is 19.0 Å². The summed E-state index contributed by atoms with van der Waals surface area (Å²) in [6.07, 6.45) is 22.3. The van der Waals surface area contributed by atoms with Crippen LogP contribution in [0.3, 0.4) is 0 Å². The number of ether oxygens (including phenoxy) is 1. The first-order chi connectivity index (χ1) is 15.2. The molecule has 31 heavy (non-hydrogen) atoms. The van der Waals surface area contributed by atoms with Gasteiger partial charge in [0.1, 0.15) is 6.04 Å². The van der Waals surface area contributed by atoms with E-state index in [0.717, 1.165) is 36.8 Å². The zero-order valence-electron chi connectivity index (χ0n) is 20.0. The molecule has 186 valence electrons. The fourth-order valence-electron chi connectivity index (χ4n) is 3.55. The Morgan fingerprint density at radius 3 is 1.71 bits per heavy atom. The Morgan fingerprint density at radius 2 is 1.19 bits per heavy atom. The smallest absolute Gasteiger partial charge is 0.323 e. The molecule has 0 radical (unpaired) electrons. The van der Waals surface area contributed by atoms with Crippen molar-refractivity contribution >= 4 is 33.7 Å². The van der Waals surface area contributed by atoms with Crippen LogP contribution in [-0.4, -0.2) is 47.2 Å². The molecule has 0 aromatic carbocycles. The number of esters is 1. The van der Waals surface area contributed by atoms with Gasteiger partial charge in [-0.1, -0.05) is 106 Å². The Morgan fingerprint density at radius 1 is 0.742 bits per heavy atom. The van der Waals surface area contributed by atoms with Crippen LogP contribution >= 0.6 is 27.7 Å². The average Bonchev–Trinajstić information content (AvgIpc) is 2.77. The van der Waals surface area contributed by atoms with Crippen molar-refractivity contribution in [2.24, 2.45) is 5.73 Å². The van der Waals surface area contributed by atoms with Crippen molar-refractivity contribution < 1.29 is 14.6 Å². The fraction of sp³-hybridized carbons (Fsp3) is 0.960. The van der Waals surface area contributed by atoms with E-state index in [1.165, 1.54) is 89.9 Å². The molecule has 0 aromatic heterocycles.